The molecule has 3 heterocycles. The summed E-state index contributed by atoms with van der Waals surface area (Å²) in [5.41, 5.74) is 1.11. The van der Waals surface area contributed by atoms with Crippen molar-refractivity contribution in [1.82, 2.24) is 24.0 Å². The molecule has 1 saturated heterocycles. The lowest BCUT2D eigenvalue weighted by Gasteiger charge is -2.12. The largest absolute Gasteiger partial charge is 0.463 e. The van der Waals surface area contributed by atoms with E-state index in [-0.39, 0.29) is 5.56 Å². The third-order valence-corrected chi connectivity index (χ3v) is 4.57. The molecule has 0 aliphatic carbocycles. The van der Waals surface area contributed by atoms with Crippen LogP contribution in [0.25, 0.3) is 11.2 Å². The summed E-state index contributed by atoms with van der Waals surface area (Å²) < 4.78 is 10.2. The van der Waals surface area contributed by atoms with Crippen molar-refractivity contribution in [2.45, 2.75) is 39.3 Å². The van der Waals surface area contributed by atoms with Crippen LogP contribution in [0, 0.1) is 0 Å². The number of nitrogens with one attached hydrogen (secondary N) is 1. The molecule has 3 rings (SSSR count). The zero-order valence-electron chi connectivity index (χ0n) is 15.2. The molecule has 2 aromatic rings. The van der Waals surface area contributed by atoms with E-state index in [1.807, 2.05) is 19.9 Å². The molecule has 1 N–H and O–H groups in total. The van der Waals surface area contributed by atoms with E-state index in [9.17, 15) is 9.59 Å². The molecule has 1 aliphatic rings. The molecular formula is C17H25N5O3. The van der Waals surface area contributed by atoms with Crippen LogP contribution in [-0.4, -0.2) is 37.9 Å². The van der Waals surface area contributed by atoms with E-state index in [0.717, 1.165) is 29.5 Å². The summed E-state index contributed by atoms with van der Waals surface area (Å²) in [5, 5.41) is 3.38. The smallest absolute Gasteiger partial charge is 0.332 e. The Morgan fingerprint density at radius 2 is 2.08 bits per heavy atom. The molecule has 8 nitrogen and oxygen atoms in total. The number of imidazole rings is 1. The molecule has 0 radical (unpaired) electrons. The van der Waals surface area contributed by atoms with Gasteiger partial charge in [-0.15, -0.1) is 0 Å². The molecule has 1 aliphatic heterocycles. The SMILES string of the molecule is CC(C)=CCn1c(OC[C@H]2CCCN2)nc2c1c(=O)n(C)c(=O)n2C. The van der Waals surface area contributed by atoms with Crippen LogP contribution in [0.15, 0.2) is 21.2 Å². The number of nitrogens with zero attached hydrogens (tertiary/aromatic N) is 4. The molecule has 0 aromatic carbocycles. The summed E-state index contributed by atoms with van der Waals surface area (Å²) in [5.74, 6) is 0. The van der Waals surface area contributed by atoms with E-state index < -0.39 is 5.69 Å². The van der Waals surface area contributed by atoms with E-state index in [4.69, 9.17) is 4.74 Å². The summed E-state index contributed by atoms with van der Waals surface area (Å²) in [6.07, 6.45) is 4.21. The van der Waals surface area contributed by atoms with E-state index in [1.54, 1.807) is 11.6 Å². The highest BCUT2D eigenvalue weighted by Crippen LogP contribution is 2.19. The zero-order valence-corrected chi connectivity index (χ0v) is 15.2. The number of allylic oxidation sites excluding steroid dienone is 2. The maximum absolute atomic E-state index is 12.6. The van der Waals surface area contributed by atoms with Crippen LogP contribution in [0.5, 0.6) is 6.01 Å². The van der Waals surface area contributed by atoms with Gasteiger partial charge in [-0.1, -0.05) is 11.6 Å². The van der Waals surface area contributed by atoms with E-state index in [0.29, 0.717) is 36.4 Å². The third-order valence-electron chi connectivity index (χ3n) is 4.57. The van der Waals surface area contributed by atoms with Gasteiger partial charge in [-0.2, -0.15) is 4.98 Å². The quantitative estimate of drug-likeness (QED) is 0.798. The van der Waals surface area contributed by atoms with Crippen molar-refractivity contribution < 1.29 is 4.74 Å². The van der Waals surface area contributed by atoms with Gasteiger partial charge in [0.25, 0.3) is 11.6 Å². The van der Waals surface area contributed by atoms with Gasteiger partial charge in [0, 0.05) is 26.7 Å². The third kappa shape index (κ3) is 3.26. The monoisotopic (exact) mass is 347 g/mol. The first-order chi connectivity index (χ1) is 11.9. The van der Waals surface area contributed by atoms with Crippen LogP contribution < -0.4 is 21.3 Å². The second-order valence-electron chi connectivity index (χ2n) is 6.77. The minimum absolute atomic E-state index is 0.295. The maximum atomic E-state index is 12.6. The average Bonchev–Trinajstić information content (AvgIpc) is 3.21. The molecule has 25 heavy (non-hydrogen) atoms. The van der Waals surface area contributed by atoms with Gasteiger partial charge in [-0.05, 0) is 33.2 Å². The topological polar surface area (TPSA) is 83.1 Å². The molecular weight excluding hydrogens is 322 g/mol. The summed E-state index contributed by atoms with van der Waals surface area (Å²) in [4.78, 5) is 29.3. The van der Waals surface area contributed by atoms with Gasteiger partial charge in [0.2, 0.25) is 0 Å². The minimum atomic E-state index is -0.395. The lowest BCUT2D eigenvalue weighted by atomic mass is 10.2. The standard InChI is InChI=1S/C17H25N5O3/c1-11(2)7-9-22-13-14(20(3)17(24)21(4)15(13)23)19-16(22)25-10-12-6-5-8-18-12/h7,12,18H,5-6,8-10H2,1-4H3/t12-/m1/s1. The van der Waals surface area contributed by atoms with Crippen LogP contribution >= 0.6 is 0 Å². The van der Waals surface area contributed by atoms with E-state index in [2.05, 4.69) is 10.3 Å². The first-order valence-corrected chi connectivity index (χ1v) is 8.56. The molecule has 8 heteroatoms. The average molecular weight is 347 g/mol. The molecule has 0 amide bonds. The van der Waals surface area contributed by atoms with E-state index >= 15 is 0 Å². The Bertz CT molecular complexity index is 924. The van der Waals surface area contributed by atoms with Gasteiger partial charge in [0.15, 0.2) is 11.2 Å². The highest BCUT2D eigenvalue weighted by Gasteiger charge is 2.21. The summed E-state index contributed by atoms with van der Waals surface area (Å²) >= 11 is 0. The summed E-state index contributed by atoms with van der Waals surface area (Å²) in [6, 6.07) is 0.669. The Morgan fingerprint density at radius 3 is 2.72 bits per heavy atom. The number of rotatable bonds is 5. The molecule has 0 spiro atoms. The van der Waals surface area contributed by atoms with Crippen molar-refractivity contribution >= 4 is 11.2 Å². The van der Waals surface area contributed by atoms with Gasteiger partial charge in [0.1, 0.15) is 6.61 Å². The van der Waals surface area contributed by atoms with Gasteiger partial charge in [0.05, 0.1) is 0 Å². The Hall–Kier alpha value is -2.35. The van der Waals surface area contributed by atoms with Crippen LogP contribution in [0.2, 0.25) is 0 Å². The highest BCUT2D eigenvalue weighted by atomic mass is 16.5. The van der Waals surface area contributed by atoms with Crippen LogP contribution in [0.1, 0.15) is 26.7 Å². The van der Waals surface area contributed by atoms with Crippen molar-refractivity contribution in [3.05, 3.63) is 32.5 Å². The Labute approximate surface area is 145 Å². The number of aryl methyl sites for hydroxylation is 1. The predicted molar refractivity (Wildman–Crippen MR) is 96.2 cm³/mol. The first-order valence-electron chi connectivity index (χ1n) is 8.56. The number of hydrogen-bond donors (Lipinski definition) is 1. The van der Waals surface area contributed by atoms with Crippen molar-refractivity contribution in [2.75, 3.05) is 13.2 Å². The number of fused-ring (bicyclic) bond motifs is 1. The lowest BCUT2D eigenvalue weighted by Crippen LogP contribution is -2.37. The van der Waals surface area contributed by atoms with Crippen molar-refractivity contribution in [2.24, 2.45) is 14.1 Å². The fourth-order valence-electron chi connectivity index (χ4n) is 3.05. The van der Waals surface area contributed by atoms with Crippen LogP contribution in [-0.2, 0) is 20.6 Å². The van der Waals surface area contributed by atoms with E-state index in [1.165, 1.54) is 11.6 Å². The number of ether oxygens (including phenoxy) is 1. The summed E-state index contributed by atoms with van der Waals surface area (Å²) in [7, 11) is 3.09. The van der Waals surface area contributed by atoms with Gasteiger partial charge >= 0.3 is 5.69 Å². The Morgan fingerprint density at radius 1 is 1.32 bits per heavy atom. The molecule has 0 bridgehead atoms. The van der Waals surface area contributed by atoms with Gasteiger partial charge in [-0.3, -0.25) is 18.5 Å². The first kappa shape index (κ1) is 17.5. The van der Waals surface area contributed by atoms with Crippen molar-refractivity contribution in [3.8, 4) is 6.01 Å². The molecule has 0 saturated carbocycles. The normalized spacial score (nSPS) is 17.2. The predicted octanol–water partition coefficient (Wildman–Crippen LogP) is 0.531. The van der Waals surface area contributed by atoms with Crippen LogP contribution in [0.4, 0.5) is 0 Å². The zero-order chi connectivity index (χ0) is 18.1. The molecule has 136 valence electrons. The molecule has 2 aromatic heterocycles. The fraction of sp³-hybridized carbons (Fsp3) is 0.588. The molecule has 0 unspecified atom stereocenters. The second-order valence-corrected chi connectivity index (χ2v) is 6.77. The maximum Gasteiger partial charge on any atom is 0.332 e. The number of aromatic nitrogens is 4. The minimum Gasteiger partial charge on any atom is -0.463 e. The van der Waals surface area contributed by atoms with Crippen molar-refractivity contribution in [3.63, 3.8) is 0 Å². The van der Waals surface area contributed by atoms with Crippen LogP contribution in [0.3, 0.4) is 0 Å². The molecule has 1 fully saturated rings. The highest BCUT2D eigenvalue weighted by molar-refractivity contribution is 5.72. The van der Waals surface area contributed by atoms with Gasteiger partial charge in [-0.25, -0.2) is 4.79 Å². The Kier molecular flexibility index (Phi) is 4.80. The van der Waals surface area contributed by atoms with Gasteiger partial charge < -0.3 is 10.1 Å². The second kappa shape index (κ2) is 6.87. The lowest BCUT2D eigenvalue weighted by molar-refractivity contribution is 0.249. The van der Waals surface area contributed by atoms with Crippen molar-refractivity contribution in [1.29, 1.82) is 0 Å². The number of hydrogen-bond acceptors (Lipinski definition) is 5. The fourth-order valence-corrected chi connectivity index (χ4v) is 3.05. The summed E-state index contributed by atoms with van der Waals surface area (Å²) in [6.45, 7) is 5.95. The Balaban J connectivity index is 2.10. The molecule has 1 atom stereocenters.